The van der Waals surface area contributed by atoms with Crippen LogP contribution in [-0.2, 0) is 12.3 Å². The van der Waals surface area contributed by atoms with E-state index in [1.807, 2.05) is 55.5 Å². The highest BCUT2D eigenvalue weighted by atomic mass is 32.2. The van der Waals surface area contributed by atoms with Gasteiger partial charge in [0.1, 0.15) is 11.3 Å². The molecule has 1 atom stereocenters. The molecule has 0 spiro atoms. The van der Waals surface area contributed by atoms with Crippen molar-refractivity contribution in [1.82, 2.24) is 19.9 Å². The number of nitrogens with one attached hydrogen (secondary N) is 1. The van der Waals surface area contributed by atoms with E-state index in [1.165, 1.54) is 0 Å². The zero-order valence-electron chi connectivity index (χ0n) is 19.1. The first-order valence-electron chi connectivity index (χ1n) is 11.0. The van der Waals surface area contributed by atoms with Crippen LogP contribution >= 0.6 is 11.8 Å². The minimum atomic E-state index is -0.0316. The first-order chi connectivity index (χ1) is 16.1. The molecule has 2 aromatic heterocycles. The number of amides is 1. The second-order valence-corrected chi connectivity index (χ2v) is 8.89. The van der Waals surface area contributed by atoms with E-state index in [1.54, 1.807) is 25.1 Å². The van der Waals surface area contributed by atoms with E-state index in [4.69, 9.17) is 9.72 Å². The van der Waals surface area contributed by atoms with Crippen molar-refractivity contribution < 1.29 is 9.53 Å². The summed E-state index contributed by atoms with van der Waals surface area (Å²) in [6.07, 6.45) is 2.71. The third kappa shape index (κ3) is 5.54. The fourth-order valence-electron chi connectivity index (χ4n) is 3.41. The molecule has 0 fully saturated rings. The summed E-state index contributed by atoms with van der Waals surface area (Å²) in [5.41, 5.74) is 4.72. The number of carbonyl (C=O) groups is 1. The van der Waals surface area contributed by atoms with Crippen LogP contribution in [0.3, 0.4) is 0 Å². The molecule has 1 N–H and O–H groups in total. The molecular formula is C26H28N4O2S. The Labute approximate surface area is 198 Å². The molecule has 4 aromatic rings. The van der Waals surface area contributed by atoms with Crippen LogP contribution < -0.4 is 10.1 Å². The van der Waals surface area contributed by atoms with E-state index >= 15 is 0 Å². The summed E-state index contributed by atoms with van der Waals surface area (Å²) in [6.45, 7) is 4.74. The van der Waals surface area contributed by atoms with Gasteiger partial charge < -0.3 is 10.1 Å². The van der Waals surface area contributed by atoms with E-state index in [0.29, 0.717) is 12.1 Å². The zero-order valence-corrected chi connectivity index (χ0v) is 19.9. The molecule has 6 nitrogen and oxygen atoms in total. The highest BCUT2D eigenvalue weighted by molar-refractivity contribution is 7.98. The fourth-order valence-corrected chi connectivity index (χ4v) is 4.37. The molecule has 7 heteroatoms. The number of thioether (sulfide) groups is 1. The number of benzene rings is 2. The maximum absolute atomic E-state index is 12.3. The second-order valence-electron chi connectivity index (χ2n) is 7.94. The van der Waals surface area contributed by atoms with Gasteiger partial charge in [-0.05, 0) is 60.9 Å². The lowest BCUT2D eigenvalue weighted by Gasteiger charge is -2.12. The van der Waals surface area contributed by atoms with Crippen LogP contribution in [0.4, 0.5) is 0 Å². The van der Waals surface area contributed by atoms with Crippen molar-refractivity contribution in [3.63, 3.8) is 0 Å². The third-order valence-electron chi connectivity index (χ3n) is 5.54. The Bertz CT molecular complexity index is 1220. The number of imidazole rings is 1. The summed E-state index contributed by atoms with van der Waals surface area (Å²) >= 11 is 1.67. The molecule has 0 aliphatic heterocycles. The molecule has 1 unspecified atom stereocenters. The monoisotopic (exact) mass is 460 g/mol. The first-order valence-corrected chi connectivity index (χ1v) is 12.0. The molecule has 0 aliphatic rings. The molecule has 0 aliphatic carbocycles. The van der Waals surface area contributed by atoms with Gasteiger partial charge in [0.05, 0.1) is 13.7 Å². The van der Waals surface area contributed by atoms with Crippen molar-refractivity contribution in [3.8, 4) is 5.75 Å². The number of fused-ring (bicyclic) bond motifs is 1. The zero-order chi connectivity index (χ0) is 23.2. The Morgan fingerprint density at radius 1 is 1.09 bits per heavy atom. The van der Waals surface area contributed by atoms with E-state index in [-0.39, 0.29) is 11.9 Å². The lowest BCUT2D eigenvalue weighted by Crippen LogP contribution is -2.31. The highest BCUT2D eigenvalue weighted by Gasteiger charge is 2.14. The number of hydrogen-bond donors (Lipinski definition) is 1. The van der Waals surface area contributed by atoms with Gasteiger partial charge in [0.25, 0.3) is 5.91 Å². The van der Waals surface area contributed by atoms with Gasteiger partial charge in [0.2, 0.25) is 0 Å². The normalized spacial score (nSPS) is 12.0. The van der Waals surface area contributed by atoms with Gasteiger partial charge in [-0.3, -0.25) is 9.36 Å². The predicted octanol–water partition coefficient (Wildman–Crippen LogP) is 5.31. The van der Waals surface area contributed by atoms with Crippen molar-refractivity contribution in [2.75, 3.05) is 7.11 Å². The quantitative estimate of drug-likeness (QED) is 0.343. The van der Waals surface area contributed by atoms with Crippen molar-refractivity contribution in [2.24, 2.45) is 0 Å². The van der Waals surface area contributed by atoms with Crippen molar-refractivity contribution in [2.45, 2.75) is 43.8 Å². The molecule has 0 saturated heterocycles. The number of methoxy groups -OCH3 is 1. The number of carbonyl (C=O) groups excluding carboxylic acids is 1. The minimum absolute atomic E-state index is 0.0316. The van der Waals surface area contributed by atoms with Crippen molar-refractivity contribution in [1.29, 1.82) is 0 Å². The average Bonchev–Trinajstić information content (AvgIpc) is 3.20. The number of hydrogen-bond acceptors (Lipinski definition) is 5. The van der Waals surface area contributed by atoms with Gasteiger partial charge in [-0.15, -0.1) is 0 Å². The van der Waals surface area contributed by atoms with Crippen LogP contribution in [-0.4, -0.2) is 33.6 Å². The van der Waals surface area contributed by atoms with Crippen LogP contribution in [0.5, 0.6) is 5.75 Å². The number of aromatic nitrogens is 3. The van der Waals surface area contributed by atoms with E-state index in [9.17, 15) is 4.79 Å². The molecule has 170 valence electrons. The summed E-state index contributed by atoms with van der Waals surface area (Å²) in [4.78, 5) is 21.7. The van der Waals surface area contributed by atoms with Gasteiger partial charge in [0.15, 0.2) is 10.8 Å². The lowest BCUT2D eigenvalue weighted by atomic mass is 10.1. The van der Waals surface area contributed by atoms with E-state index in [0.717, 1.165) is 45.4 Å². The molecule has 0 bridgehead atoms. The Morgan fingerprint density at radius 2 is 1.82 bits per heavy atom. The number of nitrogens with zero attached hydrogens (tertiary/aromatic N) is 3. The van der Waals surface area contributed by atoms with Crippen LogP contribution in [0.1, 0.15) is 41.8 Å². The Hall–Kier alpha value is -3.32. The maximum Gasteiger partial charge on any atom is 0.251 e. The molecule has 0 saturated carbocycles. The Balaban J connectivity index is 1.50. The first kappa shape index (κ1) is 22.9. The van der Waals surface area contributed by atoms with Crippen molar-refractivity contribution in [3.05, 3.63) is 83.6 Å². The SMILES string of the molecule is CCC(C)NC(=O)c1ccc(CSc2nc3cccnc3n2Cc2ccc(OC)cc2)cc1. The predicted molar refractivity (Wildman–Crippen MR) is 133 cm³/mol. The number of ether oxygens (including phenoxy) is 1. The molecule has 33 heavy (non-hydrogen) atoms. The maximum atomic E-state index is 12.3. The second kappa shape index (κ2) is 10.5. The van der Waals surface area contributed by atoms with Gasteiger partial charge in [0, 0.05) is 23.6 Å². The Morgan fingerprint density at radius 3 is 2.52 bits per heavy atom. The molecule has 4 rings (SSSR count). The van der Waals surface area contributed by atoms with Gasteiger partial charge >= 0.3 is 0 Å². The molecular weight excluding hydrogens is 432 g/mol. The van der Waals surface area contributed by atoms with Gasteiger partial charge in [-0.1, -0.05) is 43.0 Å². The lowest BCUT2D eigenvalue weighted by molar-refractivity contribution is 0.0939. The van der Waals surface area contributed by atoms with Crippen LogP contribution in [0.25, 0.3) is 11.2 Å². The standard InChI is InChI=1S/C26H28N4O2S/c1-4-18(2)28-25(31)21-11-7-20(8-12-21)17-33-26-29-23-6-5-15-27-24(23)30(26)16-19-9-13-22(32-3)14-10-19/h5-15,18H,4,16-17H2,1-3H3,(H,28,31). The molecule has 0 radical (unpaired) electrons. The van der Waals surface area contributed by atoms with Crippen molar-refractivity contribution >= 4 is 28.8 Å². The third-order valence-corrected chi connectivity index (χ3v) is 6.59. The van der Waals surface area contributed by atoms with Crippen LogP contribution in [0, 0.1) is 0 Å². The largest absolute Gasteiger partial charge is 0.497 e. The summed E-state index contributed by atoms with van der Waals surface area (Å²) in [5, 5.41) is 3.92. The average molecular weight is 461 g/mol. The summed E-state index contributed by atoms with van der Waals surface area (Å²) < 4.78 is 7.42. The Kier molecular flexibility index (Phi) is 7.29. The van der Waals surface area contributed by atoms with E-state index < -0.39 is 0 Å². The van der Waals surface area contributed by atoms with E-state index in [2.05, 4.69) is 33.9 Å². The van der Waals surface area contributed by atoms with Crippen LogP contribution in [0.15, 0.2) is 72.0 Å². The number of pyridine rings is 1. The topological polar surface area (TPSA) is 69.0 Å². The molecule has 2 heterocycles. The highest BCUT2D eigenvalue weighted by Crippen LogP contribution is 2.27. The summed E-state index contributed by atoms with van der Waals surface area (Å²) in [6, 6.07) is 19.9. The van der Waals surface area contributed by atoms with Gasteiger partial charge in [-0.2, -0.15) is 0 Å². The number of rotatable bonds is 9. The molecule has 1 amide bonds. The van der Waals surface area contributed by atoms with Gasteiger partial charge in [-0.25, -0.2) is 9.97 Å². The van der Waals surface area contributed by atoms with Crippen LogP contribution in [0.2, 0.25) is 0 Å². The smallest absolute Gasteiger partial charge is 0.251 e. The summed E-state index contributed by atoms with van der Waals surface area (Å²) in [5.74, 6) is 1.55. The minimum Gasteiger partial charge on any atom is -0.497 e. The fraction of sp³-hybridized carbons (Fsp3) is 0.269. The molecule has 2 aromatic carbocycles. The summed E-state index contributed by atoms with van der Waals surface area (Å²) in [7, 11) is 1.67.